The van der Waals surface area contributed by atoms with Crippen molar-refractivity contribution in [2.75, 3.05) is 25.0 Å². The lowest BCUT2D eigenvalue weighted by atomic mass is 10.0. The SMILES string of the molecule is CC(C)COc1ccc(Cc2ccc(NC3=NCCN3)cc2)cc1.Cl. The smallest absolute Gasteiger partial charge is 0.195 e. The Balaban J connectivity index is 0.00000225. The van der Waals surface area contributed by atoms with E-state index in [4.69, 9.17) is 4.74 Å². The first-order valence-corrected chi connectivity index (χ1v) is 8.55. The molecule has 1 aliphatic rings. The molecule has 5 heteroatoms. The molecule has 0 aromatic heterocycles. The molecule has 0 saturated heterocycles. The largest absolute Gasteiger partial charge is 0.493 e. The van der Waals surface area contributed by atoms with Crippen molar-refractivity contribution in [3.05, 3.63) is 59.7 Å². The number of benzene rings is 2. The summed E-state index contributed by atoms with van der Waals surface area (Å²) in [6.45, 7) is 6.83. The molecule has 0 radical (unpaired) electrons. The Morgan fingerprint density at radius 2 is 1.68 bits per heavy atom. The second-order valence-corrected chi connectivity index (χ2v) is 6.50. The first kappa shape index (κ1) is 19.1. The lowest BCUT2D eigenvalue weighted by Gasteiger charge is -2.10. The van der Waals surface area contributed by atoms with Gasteiger partial charge in [-0.3, -0.25) is 4.99 Å². The number of hydrogen-bond donors (Lipinski definition) is 2. The van der Waals surface area contributed by atoms with Crippen molar-refractivity contribution in [2.45, 2.75) is 20.3 Å². The van der Waals surface area contributed by atoms with Crippen molar-refractivity contribution in [3.8, 4) is 5.75 Å². The highest BCUT2D eigenvalue weighted by Crippen LogP contribution is 2.17. The number of ether oxygens (including phenoxy) is 1. The normalized spacial score (nSPS) is 13.0. The van der Waals surface area contributed by atoms with Gasteiger partial charge in [0.25, 0.3) is 0 Å². The average Bonchev–Trinajstić information content (AvgIpc) is 3.09. The van der Waals surface area contributed by atoms with Gasteiger partial charge in [0.15, 0.2) is 5.96 Å². The summed E-state index contributed by atoms with van der Waals surface area (Å²) in [6.07, 6.45) is 0.921. The molecule has 1 heterocycles. The molecule has 0 fully saturated rings. The van der Waals surface area contributed by atoms with Crippen LogP contribution in [0, 0.1) is 5.92 Å². The van der Waals surface area contributed by atoms with Crippen LogP contribution in [-0.4, -0.2) is 25.7 Å². The van der Waals surface area contributed by atoms with Gasteiger partial charge >= 0.3 is 0 Å². The first-order valence-electron chi connectivity index (χ1n) is 8.55. The third kappa shape index (κ3) is 5.98. The van der Waals surface area contributed by atoms with Crippen LogP contribution < -0.4 is 15.4 Å². The van der Waals surface area contributed by atoms with Gasteiger partial charge in [-0.25, -0.2) is 0 Å². The summed E-state index contributed by atoms with van der Waals surface area (Å²) in [5.41, 5.74) is 3.64. The van der Waals surface area contributed by atoms with Crippen LogP contribution in [0.25, 0.3) is 0 Å². The Hall–Kier alpha value is -2.20. The third-order valence-electron chi connectivity index (χ3n) is 3.81. The van der Waals surface area contributed by atoms with Crippen molar-refractivity contribution in [3.63, 3.8) is 0 Å². The highest BCUT2D eigenvalue weighted by atomic mass is 35.5. The van der Waals surface area contributed by atoms with E-state index in [1.165, 1.54) is 11.1 Å². The van der Waals surface area contributed by atoms with Crippen LogP contribution in [0.2, 0.25) is 0 Å². The molecule has 0 aliphatic carbocycles. The fraction of sp³-hybridized carbons (Fsp3) is 0.350. The topological polar surface area (TPSA) is 45.6 Å². The fourth-order valence-corrected chi connectivity index (χ4v) is 2.53. The lowest BCUT2D eigenvalue weighted by Crippen LogP contribution is -2.26. The zero-order valence-corrected chi connectivity index (χ0v) is 15.6. The molecular weight excluding hydrogens is 334 g/mol. The van der Waals surface area contributed by atoms with Gasteiger partial charge in [-0.15, -0.1) is 12.4 Å². The molecule has 0 amide bonds. The molecule has 2 N–H and O–H groups in total. The zero-order valence-electron chi connectivity index (χ0n) is 14.8. The van der Waals surface area contributed by atoms with E-state index in [0.29, 0.717) is 5.92 Å². The summed E-state index contributed by atoms with van der Waals surface area (Å²) < 4.78 is 5.73. The quantitative estimate of drug-likeness (QED) is 0.816. The lowest BCUT2D eigenvalue weighted by molar-refractivity contribution is 0.271. The molecule has 25 heavy (non-hydrogen) atoms. The van der Waals surface area contributed by atoms with Crippen LogP contribution in [0.1, 0.15) is 25.0 Å². The number of hydrogen-bond acceptors (Lipinski definition) is 4. The zero-order chi connectivity index (χ0) is 16.8. The molecule has 2 aromatic rings. The summed E-state index contributed by atoms with van der Waals surface area (Å²) in [5.74, 6) is 2.35. The number of anilines is 1. The number of halogens is 1. The minimum absolute atomic E-state index is 0. The van der Waals surface area contributed by atoms with Gasteiger partial charge in [0, 0.05) is 12.2 Å². The maximum Gasteiger partial charge on any atom is 0.195 e. The van der Waals surface area contributed by atoms with Gasteiger partial charge in [-0.2, -0.15) is 0 Å². The molecule has 1 aliphatic heterocycles. The van der Waals surface area contributed by atoms with E-state index in [1.807, 2.05) is 0 Å². The highest BCUT2D eigenvalue weighted by molar-refractivity contribution is 5.94. The van der Waals surface area contributed by atoms with E-state index in [-0.39, 0.29) is 12.4 Å². The molecular formula is C20H26ClN3O. The van der Waals surface area contributed by atoms with Crippen molar-refractivity contribution in [1.29, 1.82) is 0 Å². The van der Waals surface area contributed by atoms with Crippen LogP contribution in [-0.2, 0) is 6.42 Å². The van der Waals surface area contributed by atoms with Crippen LogP contribution in [0.3, 0.4) is 0 Å². The summed E-state index contributed by atoms with van der Waals surface area (Å²) in [6, 6.07) is 16.9. The van der Waals surface area contributed by atoms with Gasteiger partial charge < -0.3 is 15.4 Å². The highest BCUT2D eigenvalue weighted by Gasteiger charge is 2.05. The second kappa shape index (κ2) is 9.33. The Bertz CT molecular complexity index is 681. The number of nitrogens with zero attached hydrogens (tertiary/aromatic N) is 1. The minimum atomic E-state index is 0. The number of aliphatic imine (C=N–C) groups is 1. The van der Waals surface area contributed by atoms with E-state index < -0.39 is 0 Å². The molecule has 0 bridgehead atoms. The molecule has 0 atom stereocenters. The Morgan fingerprint density at radius 3 is 2.24 bits per heavy atom. The molecule has 4 nitrogen and oxygen atoms in total. The van der Waals surface area contributed by atoms with Gasteiger partial charge in [0.2, 0.25) is 0 Å². The van der Waals surface area contributed by atoms with Gasteiger partial charge in [-0.1, -0.05) is 38.1 Å². The molecule has 3 rings (SSSR count). The third-order valence-corrected chi connectivity index (χ3v) is 3.81. The Morgan fingerprint density at radius 1 is 1.04 bits per heavy atom. The van der Waals surface area contributed by atoms with E-state index in [9.17, 15) is 0 Å². The molecule has 0 spiro atoms. The van der Waals surface area contributed by atoms with Crippen molar-refractivity contribution < 1.29 is 4.74 Å². The number of nitrogens with one attached hydrogen (secondary N) is 2. The first-order chi connectivity index (χ1) is 11.7. The standard InChI is InChI=1S/C20H25N3O.ClH/c1-15(2)14-24-19-9-5-17(6-10-19)13-16-3-7-18(8-4-16)23-20-21-11-12-22-20;/h3-10,15H,11-14H2,1-2H3,(H2,21,22,23);1H. The van der Waals surface area contributed by atoms with Gasteiger partial charge in [0.1, 0.15) is 5.75 Å². The van der Waals surface area contributed by atoms with Gasteiger partial charge in [0.05, 0.1) is 13.2 Å². The molecule has 2 aromatic carbocycles. The minimum Gasteiger partial charge on any atom is -0.493 e. The van der Waals surface area contributed by atoms with E-state index in [0.717, 1.165) is 43.5 Å². The monoisotopic (exact) mass is 359 g/mol. The molecule has 0 saturated carbocycles. The summed E-state index contributed by atoms with van der Waals surface area (Å²) in [5, 5.41) is 6.49. The van der Waals surface area contributed by atoms with Crippen LogP contribution in [0.4, 0.5) is 5.69 Å². The summed E-state index contributed by atoms with van der Waals surface area (Å²) >= 11 is 0. The predicted octanol–water partition coefficient (Wildman–Crippen LogP) is 4.11. The number of rotatable bonds is 6. The number of guanidine groups is 1. The van der Waals surface area contributed by atoms with Crippen LogP contribution >= 0.6 is 12.4 Å². The van der Waals surface area contributed by atoms with Gasteiger partial charge in [-0.05, 0) is 47.7 Å². The van der Waals surface area contributed by atoms with Crippen LogP contribution in [0.15, 0.2) is 53.5 Å². The van der Waals surface area contributed by atoms with E-state index in [2.05, 4.69) is 78.0 Å². The van der Waals surface area contributed by atoms with Crippen molar-refractivity contribution in [1.82, 2.24) is 5.32 Å². The Labute approximate surface area is 156 Å². The molecule has 134 valence electrons. The average molecular weight is 360 g/mol. The maximum atomic E-state index is 5.73. The fourth-order valence-electron chi connectivity index (χ4n) is 2.53. The van der Waals surface area contributed by atoms with E-state index in [1.54, 1.807) is 0 Å². The van der Waals surface area contributed by atoms with E-state index >= 15 is 0 Å². The summed E-state index contributed by atoms with van der Waals surface area (Å²) in [4.78, 5) is 4.34. The van der Waals surface area contributed by atoms with Crippen molar-refractivity contribution >= 4 is 24.1 Å². The predicted molar refractivity (Wildman–Crippen MR) is 107 cm³/mol. The summed E-state index contributed by atoms with van der Waals surface area (Å²) in [7, 11) is 0. The molecule has 0 unspecified atom stereocenters. The van der Waals surface area contributed by atoms with Crippen LogP contribution in [0.5, 0.6) is 5.75 Å². The van der Waals surface area contributed by atoms with Crippen molar-refractivity contribution in [2.24, 2.45) is 10.9 Å². The maximum absolute atomic E-state index is 5.73. The Kier molecular flexibility index (Phi) is 7.14. The second-order valence-electron chi connectivity index (χ2n) is 6.50.